The smallest absolute Gasteiger partial charge is 0.246 e. The summed E-state index contributed by atoms with van der Waals surface area (Å²) >= 11 is 11.9. The summed E-state index contributed by atoms with van der Waals surface area (Å²) < 4.78 is 37.7. The van der Waals surface area contributed by atoms with E-state index in [-0.39, 0.29) is 35.5 Å². The van der Waals surface area contributed by atoms with E-state index in [1.807, 2.05) is 0 Å². The fourth-order valence-corrected chi connectivity index (χ4v) is 4.41. The average Bonchev–Trinajstić information content (AvgIpc) is 2.96. The van der Waals surface area contributed by atoms with Gasteiger partial charge in [0, 0.05) is 25.0 Å². The monoisotopic (exact) mass is 377 g/mol. The summed E-state index contributed by atoms with van der Waals surface area (Å²) in [6.07, 6.45) is -0.613. The van der Waals surface area contributed by atoms with Crippen molar-refractivity contribution in [2.24, 2.45) is 0 Å². The number of nitrogens with zero attached hydrogens (tertiary/aromatic N) is 3. The highest BCUT2D eigenvalue weighted by Crippen LogP contribution is 2.30. The molecule has 0 spiro atoms. The number of benzene rings is 1. The molecule has 1 fully saturated rings. The molecule has 0 radical (unpaired) electrons. The minimum atomic E-state index is -3.80. The molecule has 1 aromatic carbocycles. The van der Waals surface area contributed by atoms with Gasteiger partial charge in [-0.25, -0.2) is 8.42 Å². The normalized spacial score (nSPS) is 19.9. The minimum Gasteiger partial charge on any atom is -0.423 e. The van der Waals surface area contributed by atoms with Crippen molar-refractivity contribution in [1.82, 2.24) is 14.5 Å². The topological polar surface area (TPSA) is 85.5 Å². The summed E-state index contributed by atoms with van der Waals surface area (Å²) in [5, 5.41) is 8.02. The molecule has 1 aliphatic heterocycles. The number of aromatic nitrogens is 2. The number of morpholine rings is 1. The first kappa shape index (κ1) is 16.7. The molecule has 3 rings (SSSR count). The number of ether oxygens (including phenoxy) is 1. The van der Waals surface area contributed by atoms with Gasteiger partial charge in [-0.05, 0) is 18.2 Å². The lowest BCUT2D eigenvalue weighted by molar-refractivity contribution is -0.0176. The van der Waals surface area contributed by atoms with E-state index in [0.29, 0.717) is 10.9 Å². The van der Waals surface area contributed by atoms with Crippen molar-refractivity contribution in [1.29, 1.82) is 0 Å². The highest BCUT2D eigenvalue weighted by molar-refractivity contribution is 7.89. The van der Waals surface area contributed by atoms with Crippen molar-refractivity contribution >= 4 is 33.2 Å². The van der Waals surface area contributed by atoms with Crippen molar-refractivity contribution in [2.45, 2.75) is 17.9 Å². The molecule has 7 nitrogen and oxygen atoms in total. The Labute approximate surface area is 143 Å². The molecule has 2 aromatic rings. The van der Waals surface area contributed by atoms with Gasteiger partial charge >= 0.3 is 0 Å². The highest BCUT2D eigenvalue weighted by atomic mass is 35.5. The third kappa shape index (κ3) is 3.36. The Morgan fingerprint density at radius 2 is 2.09 bits per heavy atom. The Kier molecular flexibility index (Phi) is 4.61. The Morgan fingerprint density at radius 3 is 2.78 bits per heavy atom. The number of hydrogen-bond acceptors (Lipinski definition) is 6. The lowest BCUT2D eigenvalue weighted by Gasteiger charge is -2.30. The second kappa shape index (κ2) is 6.37. The fourth-order valence-electron chi connectivity index (χ4n) is 2.25. The lowest BCUT2D eigenvalue weighted by Crippen LogP contribution is -2.42. The van der Waals surface area contributed by atoms with Crippen LogP contribution in [0, 0.1) is 6.92 Å². The van der Waals surface area contributed by atoms with Crippen molar-refractivity contribution in [3.63, 3.8) is 0 Å². The van der Waals surface area contributed by atoms with Gasteiger partial charge in [-0.2, -0.15) is 4.31 Å². The Bertz CT molecular complexity index is 824. The van der Waals surface area contributed by atoms with E-state index in [2.05, 4.69) is 10.2 Å². The SMILES string of the molecule is Cc1nnc([C@@H]2CN(S(=O)(=O)c3cc(Cl)ccc3Cl)CCO2)o1. The first-order valence-corrected chi connectivity index (χ1v) is 8.94. The molecule has 0 amide bonds. The number of sulfonamides is 1. The van der Waals surface area contributed by atoms with Crippen LogP contribution in [0.2, 0.25) is 10.0 Å². The molecule has 0 aliphatic carbocycles. The largest absolute Gasteiger partial charge is 0.423 e. The predicted octanol–water partition coefficient (Wildman–Crippen LogP) is 2.45. The van der Waals surface area contributed by atoms with Gasteiger partial charge in [0.1, 0.15) is 11.0 Å². The van der Waals surface area contributed by atoms with Crippen LogP contribution < -0.4 is 0 Å². The average molecular weight is 378 g/mol. The lowest BCUT2D eigenvalue weighted by atomic mass is 10.3. The second-order valence-corrected chi connectivity index (χ2v) is 7.71. The molecule has 124 valence electrons. The minimum absolute atomic E-state index is 0.0333. The predicted molar refractivity (Wildman–Crippen MR) is 82.9 cm³/mol. The fraction of sp³-hybridized carbons (Fsp3) is 0.385. The molecular formula is C13H13Cl2N3O4S. The first-order chi connectivity index (χ1) is 10.9. The van der Waals surface area contributed by atoms with Crippen LogP contribution in [0.5, 0.6) is 0 Å². The van der Waals surface area contributed by atoms with Gasteiger partial charge in [-0.15, -0.1) is 10.2 Å². The molecule has 0 unspecified atom stereocenters. The van der Waals surface area contributed by atoms with E-state index in [9.17, 15) is 8.42 Å². The molecule has 1 aromatic heterocycles. The van der Waals surface area contributed by atoms with Crippen molar-refractivity contribution < 1.29 is 17.6 Å². The molecule has 0 N–H and O–H groups in total. The third-order valence-corrected chi connectivity index (χ3v) is 5.94. The van der Waals surface area contributed by atoms with Crippen LogP contribution in [-0.4, -0.2) is 42.6 Å². The summed E-state index contributed by atoms with van der Waals surface area (Å²) in [5.41, 5.74) is 0. The van der Waals surface area contributed by atoms with Crippen LogP contribution in [0.3, 0.4) is 0 Å². The molecular weight excluding hydrogens is 365 g/mol. The van der Waals surface area contributed by atoms with E-state index in [0.717, 1.165) is 0 Å². The van der Waals surface area contributed by atoms with E-state index >= 15 is 0 Å². The maximum atomic E-state index is 12.8. The van der Waals surface area contributed by atoms with Gasteiger partial charge in [-0.3, -0.25) is 0 Å². The van der Waals surface area contributed by atoms with E-state index < -0.39 is 16.1 Å². The Balaban J connectivity index is 1.89. The zero-order valence-electron chi connectivity index (χ0n) is 12.1. The third-order valence-electron chi connectivity index (χ3n) is 3.36. The van der Waals surface area contributed by atoms with Gasteiger partial charge in [0.05, 0.1) is 11.6 Å². The molecule has 0 bridgehead atoms. The van der Waals surface area contributed by atoms with Crippen LogP contribution in [-0.2, 0) is 14.8 Å². The summed E-state index contributed by atoms with van der Waals surface area (Å²) in [6, 6.07) is 4.32. The Hall–Kier alpha value is -1.19. The number of halogens is 2. The Morgan fingerprint density at radius 1 is 1.30 bits per heavy atom. The molecule has 10 heteroatoms. The van der Waals surface area contributed by atoms with E-state index in [1.165, 1.54) is 22.5 Å². The first-order valence-electron chi connectivity index (χ1n) is 6.75. The van der Waals surface area contributed by atoms with Gasteiger partial charge in [0.2, 0.25) is 21.8 Å². The van der Waals surface area contributed by atoms with Crippen LogP contribution in [0.4, 0.5) is 0 Å². The van der Waals surface area contributed by atoms with Crippen LogP contribution in [0.1, 0.15) is 17.9 Å². The number of aryl methyl sites for hydroxylation is 1. The van der Waals surface area contributed by atoms with Gasteiger partial charge in [0.25, 0.3) is 0 Å². The molecule has 1 aliphatic rings. The van der Waals surface area contributed by atoms with Crippen molar-refractivity contribution in [2.75, 3.05) is 19.7 Å². The standard InChI is InChI=1S/C13H13Cl2N3O4S/c1-8-16-17-13(22-8)11-7-18(4-5-21-11)23(19,20)12-6-9(14)2-3-10(12)15/h2-3,6,11H,4-5,7H2,1H3/t11-/m0/s1. The van der Waals surface area contributed by atoms with Gasteiger partial charge in [0.15, 0.2) is 0 Å². The quantitative estimate of drug-likeness (QED) is 0.816. The molecule has 23 heavy (non-hydrogen) atoms. The van der Waals surface area contributed by atoms with Crippen LogP contribution in [0.25, 0.3) is 0 Å². The summed E-state index contributed by atoms with van der Waals surface area (Å²) in [6.45, 7) is 2.13. The van der Waals surface area contributed by atoms with E-state index in [4.69, 9.17) is 32.4 Å². The van der Waals surface area contributed by atoms with Crippen LogP contribution in [0.15, 0.2) is 27.5 Å². The zero-order chi connectivity index (χ0) is 16.6. The molecule has 0 saturated carbocycles. The molecule has 2 heterocycles. The maximum Gasteiger partial charge on any atom is 0.246 e. The molecule has 1 atom stereocenters. The number of hydrogen-bond donors (Lipinski definition) is 0. The van der Waals surface area contributed by atoms with Crippen molar-refractivity contribution in [3.05, 3.63) is 40.0 Å². The molecule has 1 saturated heterocycles. The second-order valence-electron chi connectivity index (χ2n) is 4.96. The summed E-state index contributed by atoms with van der Waals surface area (Å²) in [5.74, 6) is 0.640. The zero-order valence-corrected chi connectivity index (χ0v) is 14.4. The van der Waals surface area contributed by atoms with E-state index in [1.54, 1.807) is 6.92 Å². The maximum absolute atomic E-state index is 12.8. The summed E-state index contributed by atoms with van der Waals surface area (Å²) in [4.78, 5) is -0.0333. The van der Waals surface area contributed by atoms with Gasteiger partial charge in [-0.1, -0.05) is 23.2 Å². The van der Waals surface area contributed by atoms with Crippen molar-refractivity contribution in [3.8, 4) is 0 Å². The number of rotatable bonds is 3. The summed E-state index contributed by atoms with van der Waals surface area (Å²) in [7, 11) is -3.80. The van der Waals surface area contributed by atoms with Crippen LogP contribution >= 0.6 is 23.2 Å². The highest BCUT2D eigenvalue weighted by Gasteiger charge is 2.35. The van der Waals surface area contributed by atoms with Gasteiger partial charge < -0.3 is 9.15 Å².